The van der Waals surface area contributed by atoms with E-state index < -0.39 is 0 Å². The smallest absolute Gasteiger partial charge is 0.369 e. The molecule has 1 aliphatic heterocycles. The van der Waals surface area contributed by atoms with Crippen LogP contribution in [0.4, 0.5) is 0 Å². The van der Waals surface area contributed by atoms with Gasteiger partial charge in [-0.15, -0.1) is 9.36 Å². The fraction of sp³-hybridized carbons (Fsp3) is 0.231. The molecule has 0 aliphatic carbocycles. The molecule has 0 radical (unpaired) electrons. The van der Waals surface area contributed by atoms with Gasteiger partial charge in [-0.25, -0.2) is 5.43 Å². The van der Waals surface area contributed by atoms with Crippen LogP contribution in [0, 0.1) is 0 Å². The number of nitrogens with zero attached hydrogens (tertiary/aromatic N) is 3. The van der Waals surface area contributed by atoms with Gasteiger partial charge in [0.1, 0.15) is 6.54 Å². The van der Waals surface area contributed by atoms with Crippen LogP contribution in [0.25, 0.3) is 5.76 Å². The summed E-state index contributed by atoms with van der Waals surface area (Å²) >= 11 is 0. The molecule has 2 heterocycles. The van der Waals surface area contributed by atoms with E-state index >= 15 is 0 Å². The molecule has 1 atom stereocenters. The minimum absolute atomic E-state index is 0.0943. The lowest BCUT2D eigenvalue weighted by molar-refractivity contribution is -0.746. The van der Waals surface area contributed by atoms with Gasteiger partial charge in [0, 0.05) is 0 Å². The van der Waals surface area contributed by atoms with Crippen LogP contribution < -0.4 is 10.1 Å². The third-order valence-electron chi connectivity index (χ3n) is 2.93. The van der Waals surface area contributed by atoms with Crippen LogP contribution in [0.2, 0.25) is 0 Å². The number of rotatable bonds is 2. The second-order valence-electron chi connectivity index (χ2n) is 4.44. The molecule has 0 bridgehead atoms. The van der Waals surface area contributed by atoms with Crippen LogP contribution in [-0.4, -0.2) is 20.9 Å². The third-order valence-corrected chi connectivity index (χ3v) is 2.93. The van der Waals surface area contributed by atoms with E-state index in [1.165, 1.54) is 0 Å². The van der Waals surface area contributed by atoms with E-state index in [1.807, 2.05) is 37.3 Å². The first-order valence-corrected chi connectivity index (χ1v) is 5.93. The number of aromatic nitrogens is 3. The predicted octanol–water partition coefficient (Wildman–Crippen LogP) is 1.06. The molecule has 1 unspecified atom stereocenters. The average Bonchev–Trinajstić information content (AvgIpc) is 2.73. The Labute approximate surface area is 105 Å². The number of fused-ring (bicyclic) bond motifs is 1. The van der Waals surface area contributed by atoms with Gasteiger partial charge in [-0.1, -0.05) is 30.3 Å². The van der Waals surface area contributed by atoms with Crippen LogP contribution in [0.3, 0.4) is 0 Å². The van der Waals surface area contributed by atoms with Crippen LogP contribution in [0.5, 0.6) is 0 Å². The van der Waals surface area contributed by atoms with Gasteiger partial charge in [-0.2, -0.15) is 0 Å². The van der Waals surface area contributed by atoms with Gasteiger partial charge in [-0.3, -0.25) is 0 Å². The molecule has 0 saturated carbocycles. The molecule has 1 aliphatic rings. The molecule has 5 heteroatoms. The monoisotopic (exact) mass is 243 g/mol. The number of nitrogens with one attached hydrogen (secondary N) is 1. The molecular formula is C13H15N4O+. The van der Waals surface area contributed by atoms with Gasteiger partial charge in [0.25, 0.3) is 0 Å². The lowest BCUT2D eigenvalue weighted by Crippen LogP contribution is -2.43. The Bertz CT molecular complexity index is 588. The lowest BCUT2D eigenvalue weighted by Gasteiger charge is -2.13. The van der Waals surface area contributed by atoms with Crippen molar-refractivity contribution in [2.45, 2.75) is 19.5 Å². The highest BCUT2D eigenvalue weighted by molar-refractivity contribution is 5.52. The number of aliphatic hydroxyl groups is 1. The summed E-state index contributed by atoms with van der Waals surface area (Å²) in [4.78, 5) is 0. The van der Waals surface area contributed by atoms with Gasteiger partial charge >= 0.3 is 5.82 Å². The average molecular weight is 243 g/mol. The van der Waals surface area contributed by atoms with Crippen LogP contribution in [-0.2, 0) is 6.54 Å². The number of benzene rings is 1. The highest BCUT2D eigenvalue weighted by Gasteiger charge is 2.28. The van der Waals surface area contributed by atoms with E-state index in [9.17, 15) is 5.11 Å². The topological polar surface area (TPSA) is 54.0 Å². The van der Waals surface area contributed by atoms with Gasteiger partial charge in [-0.05, 0) is 23.7 Å². The maximum atomic E-state index is 10.0. The summed E-state index contributed by atoms with van der Waals surface area (Å²) in [5.41, 5.74) is 4.34. The standard InChI is InChI=1S/C13H14N4O/c1-10-7-12(18)13-16(14-9-17(13)15-10)8-11-5-3-2-4-6-11/h2-7,9-10,15H,8H2,1H3/p+1. The Kier molecular flexibility index (Phi) is 2.51. The molecule has 2 aromatic rings. The second kappa shape index (κ2) is 4.18. The zero-order valence-corrected chi connectivity index (χ0v) is 10.1. The summed E-state index contributed by atoms with van der Waals surface area (Å²) in [5.74, 6) is 0.937. The van der Waals surface area contributed by atoms with Crippen molar-refractivity contribution in [2.24, 2.45) is 0 Å². The highest BCUT2D eigenvalue weighted by Crippen LogP contribution is 2.12. The van der Waals surface area contributed by atoms with Crippen molar-refractivity contribution in [3.63, 3.8) is 0 Å². The number of hydrogen-bond donors (Lipinski definition) is 2. The van der Waals surface area contributed by atoms with Gasteiger partial charge in [0.05, 0.1) is 6.04 Å². The molecule has 0 spiro atoms. The van der Waals surface area contributed by atoms with Gasteiger partial charge < -0.3 is 5.11 Å². The minimum Gasteiger partial charge on any atom is -0.501 e. The molecular weight excluding hydrogens is 228 g/mol. The lowest BCUT2D eigenvalue weighted by atomic mass is 10.2. The zero-order valence-electron chi connectivity index (χ0n) is 10.1. The fourth-order valence-electron chi connectivity index (χ4n) is 2.14. The van der Waals surface area contributed by atoms with E-state index in [4.69, 9.17) is 0 Å². The van der Waals surface area contributed by atoms with Crippen molar-refractivity contribution < 1.29 is 9.79 Å². The molecule has 18 heavy (non-hydrogen) atoms. The Morgan fingerprint density at radius 1 is 1.39 bits per heavy atom. The molecule has 92 valence electrons. The van der Waals surface area contributed by atoms with Crippen LogP contribution in [0.1, 0.15) is 18.3 Å². The van der Waals surface area contributed by atoms with Gasteiger partial charge in [0.2, 0.25) is 12.1 Å². The summed E-state index contributed by atoms with van der Waals surface area (Å²) in [6.45, 7) is 2.61. The second-order valence-corrected chi connectivity index (χ2v) is 4.44. The maximum Gasteiger partial charge on any atom is 0.369 e. The van der Waals surface area contributed by atoms with Gasteiger partial charge in [0.15, 0.2) is 0 Å². The van der Waals surface area contributed by atoms with Crippen molar-refractivity contribution >= 4 is 5.76 Å². The molecule has 0 fully saturated rings. The molecule has 0 amide bonds. The Morgan fingerprint density at radius 3 is 2.94 bits per heavy atom. The first kappa shape index (κ1) is 10.8. The number of hydrogen-bond acceptors (Lipinski definition) is 3. The normalized spacial score (nSPS) is 17.8. The minimum atomic E-state index is 0.0943. The van der Waals surface area contributed by atoms with Crippen molar-refractivity contribution in [2.75, 3.05) is 5.43 Å². The van der Waals surface area contributed by atoms with E-state index in [2.05, 4.69) is 10.5 Å². The van der Waals surface area contributed by atoms with E-state index in [-0.39, 0.29) is 11.8 Å². The molecule has 0 saturated heterocycles. The quantitative estimate of drug-likeness (QED) is 0.776. The van der Waals surface area contributed by atoms with E-state index in [1.54, 1.807) is 21.8 Å². The summed E-state index contributed by atoms with van der Waals surface area (Å²) in [6, 6.07) is 10.1. The molecule has 1 aromatic carbocycles. The third kappa shape index (κ3) is 1.84. The van der Waals surface area contributed by atoms with Crippen molar-refractivity contribution in [1.82, 2.24) is 9.77 Å². The number of aliphatic hydroxyl groups excluding tert-OH is 1. The summed E-state index contributed by atoms with van der Waals surface area (Å²) in [5, 5.41) is 14.3. The summed E-state index contributed by atoms with van der Waals surface area (Å²) in [6.07, 6.45) is 3.45. The molecule has 1 aromatic heterocycles. The molecule has 3 rings (SSSR count). The summed E-state index contributed by atoms with van der Waals surface area (Å²) < 4.78 is 3.53. The van der Waals surface area contributed by atoms with Crippen molar-refractivity contribution in [1.29, 1.82) is 0 Å². The molecule has 5 nitrogen and oxygen atoms in total. The first-order chi connectivity index (χ1) is 8.74. The predicted molar refractivity (Wildman–Crippen MR) is 67.4 cm³/mol. The highest BCUT2D eigenvalue weighted by atomic mass is 16.3. The van der Waals surface area contributed by atoms with Crippen molar-refractivity contribution in [3.8, 4) is 0 Å². The van der Waals surface area contributed by atoms with Crippen LogP contribution >= 0.6 is 0 Å². The molecule has 2 N–H and O–H groups in total. The van der Waals surface area contributed by atoms with Crippen LogP contribution in [0.15, 0.2) is 42.7 Å². The van der Waals surface area contributed by atoms with E-state index in [0.29, 0.717) is 12.4 Å². The fourth-order valence-corrected chi connectivity index (χ4v) is 2.14. The van der Waals surface area contributed by atoms with Crippen molar-refractivity contribution in [3.05, 3.63) is 54.1 Å². The largest absolute Gasteiger partial charge is 0.501 e. The van der Waals surface area contributed by atoms with E-state index in [0.717, 1.165) is 5.56 Å². The maximum absolute atomic E-state index is 10.0. The Balaban J connectivity index is 1.95. The summed E-state index contributed by atoms with van der Waals surface area (Å²) in [7, 11) is 0. The SMILES string of the molecule is CC1C=C(O)c2n(cn[n+]2Cc2ccccc2)N1. The Morgan fingerprint density at radius 2 is 2.17 bits per heavy atom. The zero-order chi connectivity index (χ0) is 12.5. The first-order valence-electron chi connectivity index (χ1n) is 5.93. The Hall–Kier alpha value is -2.30.